The normalized spacial score (nSPS) is 20.0. The predicted molar refractivity (Wildman–Crippen MR) is 64.9 cm³/mol. The molecule has 2 N–H and O–H groups in total. The molecule has 0 heterocycles. The fourth-order valence-corrected chi connectivity index (χ4v) is 2.42. The predicted octanol–water partition coefficient (Wildman–Crippen LogP) is 3.37. The van der Waals surface area contributed by atoms with E-state index in [9.17, 15) is 0 Å². The highest BCUT2D eigenvalue weighted by Crippen LogP contribution is 2.28. The minimum absolute atomic E-state index is 0.287. The first-order valence-corrected chi connectivity index (χ1v) is 6.18. The van der Waals surface area contributed by atoms with Gasteiger partial charge in [0.15, 0.2) is 0 Å². The number of rotatable bonds is 3. The SMILES string of the molecule is CCCCc1ccc2c(c1)[C@H](N)CCC2. The molecule has 82 valence electrons. The summed E-state index contributed by atoms with van der Waals surface area (Å²) < 4.78 is 0. The van der Waals surface area contributed by atoms with Crippen molar-refractivity contribution in [2.45, 2.75) is 51.5 Å². The van der Waals surface area contributed by atoms with E-state index in [0.717, 1.165) is 6.42 Å². The minimum atomic E-state index is 0.287. The molecule has 0 saturated carbocycles. The van der Waals surface area contributed by atoms with Gasteiger partial charge in [0.1, 0.15) is 0 Å². The van der Waals surface area contributed by atoms with E-state index in [1.165, 1.54) is 48.8 Å². The Morgan fingerprint density at radius 3 is 3.07 bits per heavy atom. The molecule has 1 aromatic rings. The van der Waals surface area contributed by atoms with Crippen molar-refractivity contribution in [1.82, 2.24) is 0 Å². The zero-order chi connectivity index (χ0) is 10.7. The third-order valence-electron chi connectivity index (χ3n) is 3.39. The van der Waals surface area contributed by atoms with Gasteiger partial charge in [-0.15, -0.1) is 0 Å². The smallest absolute Gasteiger partial charge is 0.0297 e. The molecule has 15 heavy (non-hydrogen) atoms. The van der Waals surface area contributed by atoms with E-state index in [1.54, 1.807) is 0 Å². The van der Waals surface area contributed by atoms with E-state index >= 15 is 0 Å². The summed E-state index contributed by atoms with van der Waals surface area (Å²) in [6.07, 6.45) is 7.39. The largest absolute Gasteiger partial charge is 0.324 e. The number of hydrogen-bond donors (Lipinski definition) is 1. The van der Waals surface area contributed by atoms with Gasteiger partial charge in [-0.2, -0.15) is 0 Å². The van der Waals surface area contributed by atoms with Crippen LogP contribution in [-0.2, 0) is 12.8 Å². The quantitative estimate of drug-likeness (QED) is 0.801. The number of aryl methyl sites for hydroxylation is 2. The molecular weight excluding hydrogens is 182 g/mol. The van der Waals surface area contributed by atoms with Gasteiger partial charge < -0.3 is 5.73 Å². The van der Waals surface area contributed by atoms with Crippen LogP contribution in [0.1, 0.15) is 55.3 Å². The third kappa shape index (κ3) is 2.40. The fraction of sp³-hybridized carbons (Fsp3) is 0.571. The molecule has 0 aliphatic heterocycles. The summed E-state index contributed by atoms with van der Waals surface area (Å²) in [5.74, 6) is 0. The molecule has 0 aromatic heterocycles. The lowest BCUT2D eigenvalue weighted by atomic mass is 9.86. The van der Waals surface area contributed by atoms with Gasteiger partial charge in [-0.3, -0.25) is 0 Å². The number of hydrogen-bond acceptors (Lipinski definition) is 1. The second kappa shape index (κ2) is 4.80. The van der Waals surface area contributed by atoms with Crippen LogP contribution in [0.25, 0.3) is 0 Å². The fourth-order valence-electron chi connectivity index (χ4n) is 2.42. The summed E-state index contributed by atoms with van der Waals surface area (Å²) in [5, 5.41) is 0. The van der Waals surface area contributed by atoms with Gasteiger partial charge in [0.05, 0.1) is 0 Å². The molecule has 0 spiro atoms. The van der Waals surface area contributed by atoms with Crippen LogP contribution >= 0.6 is 0 Å². The van der Waals surface area contributed by atoms with Crippen LogP contribution in [0.3, 0.4) is 0 Å². The molecule has 1 aliphatic rings. The van der Waals surface area contributed by atoms with E-state index < -0.39 is 0 Å². The Morgan fingerprint density at radius 2 is 2.27 bits per heavy atom. The number of fused-ring (bicyclic) bond motifs is 1. The molecule has 0 bridgehead atoms. The van der Waals surface area contributed by atoms with E-state index in [1.807, 2.05) is 0 Å². The molecule has 1 heteroatoms. The molecule has 1 atom stereocenters. The highest BCUT2D eigenvalue weighted by atomic mass is 14.6. The molecular formula is C14H21N. The Hall–Kier alpha value is -0.820. The van der Waals surface area contributed by atoms with Crippen molar-refractivity contribution in [2.75, 3.05) is 0 Å². The topological polar surface area (TPSA) is 26.0 Å². The maximum absolute atomic E-state index is 6.14. The van der Waals surface area contributed by atoms with Crippen molar-refractivity contribution in [3.63, 3.8) is 0 Å². The third-order valence-corrected chi connectivity index (χ3v) is 3.39. The van der Waals surface area contributed by atoms with Gasteiger partial charge in [0.2, 0.25) is 0 Å². The summed E-state index contributed by atoms with van der Waals surface area (Å²) in [7, 11) is 0. The van der Waals surface area contributed by atoms with Gasteiger partial charge in [-0.05, 0) is 48.8 Å². The Labute approximate surface area is 92.7 Å². The average Bonchev–Trinajstić information content (AvgIpc) is 2.27. The van der Waals surface area contributed by atoms with E-state index in [2.05, 4.69) is 25.1 Å². The lowest BCUT2D eigenvalue weighted by molar-refractivity contribution is 0.569. The molecule has 0 saturated heterocycles. The number of unbranched alkanes of at least 4 members (excludes halogenated alkanes) is 1. The number of nitrogens with two attached hydrogens (primary N) is 1. The minimum Gasteiger partial charge on any atom is -0.324 e. The first kappa shape index (κ1) is 10.7. The van der Waals surface area contributed by atoms with Gasteiger partial charge in [-0.1, -0.05) is 31.5 Å². The van der Waals surface area contributed by atoms with Crippen molar-refractivity contribution in [3.05, 3.63) is 34.9 Å². The van der Waals surface area contributed by atoms with Gasteiger partial charge in [-0.25, -0.2) is 0 Å². The van der Waals surface area contributed by atoms with Crippen LogP contribution in [0.2, 0.25) is 0 Å². The zero-order valence-corrected chi connectivity index (χ0v) is 9.63. The van der Waals surface area contributed by atoms with Gasteiger partial charge in [0, 0.05) is 6.04 Å². The highest BCUT2D eigenvalue weighted by Gasteiger charge is 2.16. The standard InChI is InChI=1S/C14H21N/c1-2-3-5-11-8-9-12-6-4-7-14(15)13(12)10-11/h8-10,14H,2-7,15H2,1H3/t14-/m1/s1. The maximum Gasteiger partial charge on any atom is 0.0297 e. The Morgan fingerprint density at radius 1 is 1.40 bits per heavy atom. The summed E-state index contributed by atoms with van der Waals surface area (Å²) in [4.78, 5) is 0. The Balaban J connectivity index is 2.19. The average molecular weight is 203 g/mol. The van der Waals surface area contributed by atoms with E-state index in [-0.39, 0.29) is 6.04 Å². The van der Waals surface area contributed by atoms with Crippen molar-refractivity contribution >= 4 is 0 Å². The molecule has 0 fully saturated rings. The summed E-state index contributed by atoms with van der Waals surface area (Å²) in [6, 6.07) is 7.20. The summed E-state index contributed by atoms with van der Waals surface area (Å²) in [5.41, 5.74) is 10.5. The first-order valence-electron chi connectivity index (χ1n) is 6.18. The van der Waals surface area contributed by atoms with Crippen molar-refractivity contribution in [1.29, 1.82) is 0 Å². The lowest BCUT2D eigenvalue weighted by Crippen LogP contribution is -2.17. The molecule has 0 unspecified atom stereocenters. The second-order valence-corrected chi connectivity index (χ2v) is 4.64. The number of benzene rings is 1. The van der Waals surface area contributed by atoms with Gasteiger partial charge in [0.25, 0.3) is 0 Å². The molecule has 1 aliphatic carbocycles. The van der Waals surface area contributed by atoms with E-state index in [4.69, 9.17) is 5.73 Å². The monoisotopic (exact) mass is 203 g/mol. The van der Waals surface area contributed by atoms with Crippen molar-refractivity contribution < 1.29 is 0 Å². The first-order chi connectivity index (χ1) is 7.31. The van der Waals surface area contributed by atoms with Crippen LogP contribution in [0, 0.1) is 0 Å². The Kier molecular flexibility index (Phi) is 3.42. The molecule has 1 aromatic carbocycles. The van der Waals surface area contributed by atoms with Crippen LogP contribution < -0.4 is 5.73 Å². The van der Waals surface area contributed by atoms with Gasteiger partial charge >= 0.3 is 0 Å². The molecule has 0 amide bonds. The highest BCUT2D eigenvalue weighted by molar-refractivity contribution is 5.36. The molecule has 2 rings (SSSR count). The zero-order valence-electron chi connectivity index (χ0n) is 9.63. The van der Waals surface area contributed by atoms with Crippen LogP contribution in [0.4, 0.5) is 0 Å². The van der Waals surface area contributed by atoms with Crippen molar-refractivity contribution in [3.8, 4) is 0 Å². The van der Waals surface area contributed by atoms with E-state index in [0.29, 0.717) is 0 Å². The second-order valence-electron chi connectivity index (χ2n) is 4.64. The van der Waals surface area contributed by atoms with Crippen LogP contribution in [0.5, 0.6) is 0 Å². The summed E-state index contributed by atoms with van der Waals surface area (Å²) >= 11 is 0. The van der Waals surface area contributed by atoms with Crippen LogP contribution in [0.15, 0.2) is 18.2 Å². The molecule has 0 radical (unpaired) electrons. The summed E-state index contributed by atoms with van der Waals surface area (Å²) in [6.45, 7) is 2.24. The Bertz CT molecular complexity index is 330. The molecule has 1 nitrogen and oxygen atoms in total. The van der Waals surface area contributed by atoms with Crippen molar-refractivity contribution in [2.24, 2.45) is 5.73 Å². The maximum atomic E-state index is 6.14. The van der Waals surface area contributed by atoms with Crippen LogP contribution in [-0.4, -0.2) is 0 Å². The lowest BCUT2D eigenvalue weighted by Gasteiger charge is -2.22.